The Morgan fingerprint density at radius 3 is 2.86 bits per heavy atom. The maximum Gasteiger partial charge on any atom is 0.276 e. The minimum atomic E-state index is -0.711. The second kappa shape index (κ2) is 7.17. The maximum atomic E-state index is 13.8. The summed E-state index contributed by atoms with van der Waals surface area (Å²) in [6, 6.07) is 6.88. The Morgan fingerprint density at radius 2 is 2.14 bits per heavy atom. The number of anilines is 1. The molecule has 116 valence electrons. The van der Waals surface area contributed by atoms with Crippen molar-refractivity contribution in [3.8, 4) is 0 Å². The summed E-state index contributed by atoms with van der Waals surface area (Å²) in [7, 11) is 0. The van der Waals surface area contributed by atoms with Gasteiger partial charge in [-0.05, 0) is 24.6 Å². The van der Waals surface area contributed by atoms with Crippen LogP contribution in [0, 0.1) is 5.82 Å². The van der Waals surface area contributed by atoms with Crippen molar-refractivity contribution in [2.24, 2.45) is 0 Å². The van der Waals surface area contributed by atoms with Crippen molar-refractivity contribution >= 4 is 23.2 Å². The molecule has 0 aliphatic heterocycles. The van der Waals surface area contributed by atoms with Gasteiger partial charge < -0.3 is 5.32 Å². The number of benzene rings is 1. The van der Waals surface area contributed by atoms with Crippen LogP contribution in [0.25, 0.3) is 0 Å². The van der Waals surface area contributed by atoms with Crippen LogP contribution in [-0.4, -0.2) is 15.7 Å². The Labute approximate surface area is 131 Å². The van der Waals surface area contributed by atoms with Crippen LogP contribution in [0.1, 0.15) is 30.3 Å². The smallest absolute Gasteiger partial charge is 0.276 e. The van der Waals surface area contributed by atoms with Crippen LogP contribution in [0.3, 0.4) is 0 Å². The zero-order valence-corrected chi connectivity index (χ0v) is 12.7. The molecule has 1 amide bonds. The highest BCUT2D eigenvalue weighted by molar-refractivity contribution is 6.31. The van der Waals surface area contributed by atoms with Crippen LogP contribution < -0.4 is 10.9 Å². The van der Waals surface area contributed by atoms with E-state index in [4.69, 9.17) is 11.6 Å². The zero-order valence-electron chi connectivity index (χ0n) is 12.0. The minimum absolute atomic E-state index is 0.0365. The van der Waals surface area contributed by atoms with Crippen molar-refractivity contribution in [2.45, 2.75) is 26.3 Å². The second-order valence-electron chi connectivity index (χ2n) is 4.69. The molecule has 1 N–H and O–H groups in total. The third-order valence-corrected chi connectivity index (χ3v) is 3.31. The molecule has 7 heteroatoms. The van der Waals surface area contributed by atoms with E-state index in [0.717, 1.165) is 12.8 Å². The van der Waals surface area contributed by atoms with E-state index >= 15 is 0 Å². The molecule has 0 saturated heterocycles. The highest BCUT2D eigenvalue weighted by Gasteiger charge is 2.13. The third kappa shape index (κ3) is 3.71. The van der Waals surface area contributed by atoms with Gasteiger partial charge in [-0.25, -0.2) is 9.07 Å². The van der Waals surface area contributed by atoms with Gasteiger partial charge in [0.25, 0.3) is 11.5 Å². The van der Waals surface area contributed by atoms with Crippen LogP contribution in [-0.2, 0) is 6.54 Å². The molecule has 0 aliphatic carbocycles. The SMILES string of the molecule is CCCCn1nc(C(=O)Nc2cccc(Cl)c2F)ccc1=O. The Kier molecular flexibility index (Phi) is 5.27. The maximum absolute atomic E-state index is 13.8. The first kappa shape index (κ1) is 16.2. The monoisotopic (exact) mass is 323 g/mol. The van der Waals surface area contributed by atoms with Crippen LogP contribution in [0.2, 0.25) is 5.02 Å². The van der Waals surface area contributed by atoms with E-state index in [1.807, 2.05) is 6.92 Å². The number of nitrogens with one attached hydrogen (secondary N) is 1. The Morgan fingerprint density at radius 1 is 1.36 bits per heavy atom. The molecule has 0 bridgehead atoms. The molecular formula is C15H15ClFN3O2. The van der Waals surface area contributed by atoms with E-state index in [9.17, 15) is 14.0 Å². The number of halogens is 2. The summed E-state index contributed by atoms with van der Waals surface area (Å²) in [5.41, 5.74) is -0.278. The molecule has 1 aromatic heterocycles. The third-order valence-electron chi connectivity index (χ3n) is 3.02. The van der Waals surface area contributed by atoms with E-state index in [2.05, 4.69) is 10.4 Å². The highest BCUT2D eigenvalue weighted by Crippen LogP contribution is 2.22. The van der Waals surface area contributed by atoms with E-state index in [0.29, 0.717) is 6.54 Å². The normalized spacial score (nSPS) is 10.5. The average Bonchev–Trinajstić information content (AvgIpc) is 2.51. The summed E-state index contributed by atoms with van der Waals surface area (Å²) in [6.45, 7) is 2.42. The predicted octanol–water partition coefficient (Wildman–Crippen LogP) is 3.09. The van der Waals surface area contributed by atoms with Crippen LogP contribution in [0.4, 0.5) is 10.1 Å². The number of aromatic nitrogens is 2. The number of rotatable bonds is 5. The average molecular weight is 324 g/mol. The number of nitrogens with zero attached hydrogens (tertiary/aromatic N) is 2. The fraction of sp³-hybridized carbons (Fsp3) is 0.267. The fourth-order valence-corrected chi connectivity index (χ4v) is 2.00. The topological polar surface area (TPSA) is 64.0 Å². The molecule has 22 heavy (non-hydrogen) atoms. The van der Waals surface area contributed by atoms with Gasteiger partial charge >= 0.3 is 0 Å². The molecule has 1 aromatic carbocycles. The van der Waals surface area contributed by atoms with Crippen LogP contribution in [0.5, 0.6) is 0 Å². The first-order valence-electron chi connectivity index (χ1n) is 6.86. The van der Waals surface area contributed by atoms with Crippen molar-refractivity contribution in [1.29, 1.82) is 0 Å². The van der Waals surface area contributed by atoms with E-state index in [1.165, 1.54) is 35.0 Å². The molecule has 2 rings (SSSR count). The van der Waals surface area contributed by atoms with Crippen molar-refractivity contribution < 1.29 is 9.18 Å². The van der Waals surface area contributed by atoms with Crippen molar-refractivity contribution in [3.05, 3.63) is 57.2 Å². The molecule has 0 radical (unpaired) electrons. The zero-order chi connectivity index (χ0) is 16.1. The van der Waals surface area contributed by atoms with Crippen LogP contribution in [0.15, 0.2) is 35.1 Å². The Hall–Kier alpha value is -2.21. The van der Waals surface area contributed by atoms with E-state index in [-0.39, 0.29) is 22.0 Å². The van der Waals surface area contributed by atoms with Crippen LogP contribution >= 0.6 is 11.6 Å². The van der Waals surface area contributed by atoms with Gasteiger partial charge in [0, 0.05) is 12.6 Å². The van der Waals surface area contributed by atoms with Gasteiger partial charge in [-0.2, -0.15) is 5.10 Å². The van der Waals surface area contributed by atoms with E-state index in [1.54, 1.807) is 0 Å². The standard InChI is InChI=1S/C15H15ClFN3O2/c1-2-3-9-20-13(21)8-7-12(19-20)15(22)18-11-6-4-5-10(16)14(11)17/h4-8H,2-3,9H2,1H3,(H,18,22). The summed E-state index contributed by atoms with van der Waals surface area (Å²) in [5.74, 6) is -1.32. The van der Waals surface area contributed by atoms with Crippen molar-refractivity contribution in [2.75, 3.05) is 5.32 Å². The molecule has 5 nitrogen and oxygen atoms in total. The van der Waals surface area contributed by atoms with Gasteiger partial charge in [0.2, 0.25) is 0 Å². The van der Waals surface area contributed by atoms with Gasteiger partial charge in [0.15, 0.2) is 5.82 Å². The number of amides is 1. The number of hydrogen-bond acceptors (Lipinski definition) is 3. The molecule has 2 aromatic rings. The van der Waals surface area contributed by atoms with Gasteiger partial charge in [-0.15, -0.1) is 0 Å². The molecule has 0 unspecified atom stereocenters. The Balaban J connectivity index is 2.22. The van der Waals surface area contributed by atoms with Gasteiger partial charge in [0.05, 0.1) is 10.7 Å². The van der Waals surface area contributed by atoms with Gasteiger partial charge in [-0.3, -0.25) is 9.59 Å². The lowest BCUT2D eigenvalue weighted by Gasteiger charge is -2.08. The van der Waals surface area contributed by atoms with Gasteiger partial charge in [0.1, 0.15) is 5.69 Å². The minimum Gasteiger partial charge on any atom is -0.318 e. The summed E-state index contributed by atoms with van der Waals surface area (Å²) >= 11 is 5.66. The lowest BCUT2D eigenvalue weighted by Crippen LogP contribution is -2.26. The Bertz CT molecular complexity index is 746. The lowest BCUT2D eigenvalue weighted by atomic mass is 10.3. The summed E-state index contributed by atoms with van der Waals surface area (Å²) in [6.07, 6.45) is 1.68. The molecule has 0 atom stereocenters. The fourth-order valence-electron chi connectivity index (χ4n) is 1.82. The number of aryl methyl sites for hydroxylation is 1. The number of unbranched alkanes of at least 4 members (excludes halogenated alkanes) is 1. The van der Waals surface area contributed by atoms with Gasteiger partial charge in [-0.1, -0.05) is 31.0 Å². The van der Waals surface area contributed by atoms with Crippen molar-refractivity contribution in [1.82, 2.24) is 9.78 Å². The largest absolute Gasteiger partial charge is 0.318 e. The molecule has 0 spiro atoms. The molecule has 1 heterocycles. The molecule has 0 fully saturated rings. The van der Waals surface area contributed by atoms with E-state index < -0.39 is 11.7 Å². The summed E-state index contributed by atoms with van der Waals surface area (Å²) < 4.78 is 15.0. The predicted molar refractivity (Wildman–Crippen MR) is 82.8 cm³/mol. The van der Waals surface area contributed by atoms with Crippen molar-refractivity contribution in [3.63, 3.8) is 0 Å². The number of hydrogen-bond donors (Lipinski definition) is 1. The highest BCUT2D eigenvalue weighted by atomic mass is 35.5. The molecule has 0 saturated carbocycles. The number of carbonyl (C=O) groups is 1. The second-order valence-corrected chi connectivity index (χ2v) is 5.10. The summed E-state index contributed by atoms with van der Waals surface area (Å²) in [5, 5.41) is 6.30. The quantitative estimate of drug-likeness (QED) is 0.919. The first-order valence-corrected chi connectivity index (χ1v) is 7.24. The first-order chi connectivity index (χ1) is 10.5. The molecule has 0 aliphatic rings. The molecular weight excluding hydrogens is 309 g/mol. The summed E-state index contributed by atoms with van der Waals surface area (Å²) in [4.78, 5) is 23.8. The number of carbonyl (C=O) groups excluding carboxylic acids is 1. The lowest BCUT2D eigenvalue weighted by molar-refractivity contribution is 0.101.